The summed E-state index contributed by atoms with van der Waals surface area (Å²) in [5.41, 5.74) is 0. The van der Waals surface area contributed by atoms with Crippen molar-refractivity contribution >= 4 is 11.8 Å². The summed E-state index contributed by atoms with van der Waals surface area (Å²) < 4.78 is 0. The monoisotopic (exact) mass is 186 g/mol. The Morgan fingerprint density at radius 2 is 2.08 bits per heavy atom. The molecule has 0 spiro atoms. The second-order valence-electron chi connectivity index (χ2n) is 3.37. The topological polar surface area (TPSA) is 20.2 Å². The van der Waals surface area contributed by atoms with Crippen molar-refractivity contribution < 1.29 is 5.11 Å². The smallest absolute Gasteiger partial charge is 0.0658 e. The molecule has 1 aliphatic rings. The summed E-state index contributed by atoms with van der Waals surface area (Å²) in [6.07, 6.45) is 7.80. The number of hydrogen-bond acceptors (Lipinski definition) is 2. The predicted octanol–water partition coefficient (Wildman–Crippen LogP) is 2.60. The molecule has 0 saturated heterocycles. The predicted molar refractivity (Wildman–Crippen MR) is 55.5 cm³/mol. The molecule has 0 amide bonds. The van der Waals surface area contributed by atoms with E-state index in [9.17, 15) is 5.11 Å². The summed E-state index contributed by atoms with van der Waals surface area (Å²) in [4.78, 5) is 0. The van der Waals surface area contributed by atoms with Gasteiger partial charge in [-0.15, -0.1) is 6.58 Å². The van der Waals surface area contributed by atoms with Crippen molar-refractivity contribution in [3.05, 3.63) is 12.7 Å². The molecule has 2 heteroatoms. The fourth-order valence-electron chi connectivity index (χ4n) is 1.64. The van der Waals surface area contributed by atoms with E-state index < -0.39 is 0 Å². The second kappa shape index (κ2) is 5.65. The molecular weight excluding hydrogens is 168 g/mol. The van der Waals surface area contributed by atoms with Crippen molar-refractivity contribution in [3.63, 3.8) is 0 Å². The average Bonchev–Trinajstić information content (AvgIpc) is 2.27. The maximum absolute atomic E-state index is 9.72. The maximum Gasteiger partial charge on any atom is 0.0658 e. The average molecular weight is 186 g/mol. The van der Waals surface area contributed by atoms with E-state index in [0.717, 1.165) is 12.2 Å². The SMILES string of the molecule is C=CCSC1CCCCCC1O. The number of rotatable bonds is 3. The van der Waals surface area contributed by atoms with Crippen molar-refractivity contribution in [1.82, 2.24) is 0 Å². The molecule has 2 unspecified atom stereocenters. The van der Waals surface area contributed by atoms with E-state index in [1.54, 1.807) is 0 Å². The lowest BCUT2D eigenvalue weighted by Crippen LogP contribution is -2.21. The van der Waals surface area contributed by atoms with Crippen LogP contribution in [0.2, 0.25) is 0 Å². The molecule has 0 bridgehead atoms. The molecule has 2 atom stereocenters. The van der Waals surface area contributed by atoms with Gasteiger partial charge in [0, 0.05) is 11.0 Å². The van der Waals surface area contributed by atoms with Crippen molar-refractivity contribution in [2.24, 2.45) is 0 Å². The quantitative estimate of drug-likeness (QED) is 0.540. The molecule has 70 valence electrons. The van der Waals surface area contributed by atoms with E-state index in [2.05, 4.69) is 6.58 Å². The van der Waals surface area contributed by atoms with E-state index in [4.69, 9.17) is 0 Å². The standard InChI is InChI=1S/C10H18OS/c1-2-8-12-10-7-5-3-4-6-9(10)11/h2,9-11H,1,3-8H2. The van der Waals surface area contributed by atoms with Gasteiger partial charge in [0.1, 0.15) is 0 Å². The molecular formula is C10H18OS. The highest BCUT2D eigenvalue weighted by Gasteiger charge is 2.20. The number of aliphatic hydroxyl groups is 1. The first-order valence-electron chi connectivity index (χ1n) is 4.75. The first kappa shape index (κ1) is 10.1. The first-order chi connectivity index (χ1) is 5.84. The summed E-state index contributed by atoms with van der Waals surface area (Å²) in [5.74, 6) is 0.974. The molecule has 1 rings (SSSR count). The van der Waals surface area contributed by atoms with Crippen LogP contribution in [0.4, 0.5) is 0 Å². The van der Waals surface area contributed by atoms with Crippen LogP contribution in [0.3, 0.4) is 0 Å². The van der Waals surface area contributed by atoms with Crippen LogP contribution in [0.15, 0.2) is 12.7 Å². The highest BCUT2D eigenvalue weighted by Crippen LogP contribution is 2.27. The van der Waals surface area contributed by atoms with Crippen LogP contribution in [0, 0.1) is 0 Å². The highest BCUT2D eigenvalue weighted by molar-refractivity contribution is 8.00. The van der Waals surface area contributed by atoms with Gasteiger partial charge in [-0.2, -0.15) is 11.8 Å². The molecule has 0 aromatic carbocycles. The van der Waals surface area contributed by atoms with Crippen molar-refractivity contribution in [2.45, 2.75) is 43.5 Å². The minimum absolute atomic E-state index is 0.0718. The molecule has 0 aromatic heterocycles. The molecule has 1 nitrogen and oxygen atoms in total. The molecule has 1 N–H and O–H groups in total. The Kier molecular flexibility index (Phi) is 4.77. The molecule has 1 fully saturated rings. The summed E-state index contributed by atoms with van der Waals surface area (Å²) in [7, 11) is 0. The van der Waals surface area contributed by atoms with Gasteiger partial charge in [0.15, 0.2) is 0 Å². The van der Waals surface area contributed by atoms with Crippen LogP contribution < -0.4 is 0 Å². The zero-order chi connectivity index (χ0) is 8.81. The Morgan fingerprint density at radius 3 is 2.83 bits per heavy atom. The summed E-state index contributed by atoms with van der Waals surface area (Å²) in [6, 6.07) is 0. The highest BCUT2D eigenvalue weighted by atomic mass is 32.2. The Balaban J connectivity index is 2.31. The van der Waals surface area contributed by atoms with Gasteiger partial charge in [-0.3, -0.25) is 0 Å². The third-order valence-electron chi connectivity index (χ3n) is 2.35. The van der Waals surface area contributed by atoms with Gasteiger partial charge in [0.25, 0.3) is 0 Å². The largest absolute Gasteiger partial charge is 0.392 e. The minimum atomic E-state index is -0.0718. The van der Waals surface area contributed by atoms with Crippen LogP contribution in [-0.2, 0) is 0 Å². The van der Waals surface area contributed by atoms with E-state index in [1.807, 2.05) is 17.8 Å². The Hall–Kier alpha value is 0.0500. The van der Waals surface area contributed by atoms with Crippen LogP contribution in [0.5, 0.6) is 0 Å². The van der Waals surface area contributed by atoms with E-state index in [-0.39, 0.29) is 6.10 Å². The van der Waals surface area contributed by atoms with E-state index in [1.165, 1.54) is 25.7 Å². The summed E-state index contributed by atoms with van der Waals surface area (Å²) >= 11 is 1.85. The first-order valence-corrected chi connectivity index (χ1v) is 5.80. The van der Waals surface area contributed by atoms with Gasteiger partial charge < -0.3 is 5.11 Å². The van der Waals surface area contributed by atoms with Crippen LogP contribution in [0.1, 0.15) is 32.1 Å². The maximum atomic E-state index is 9.72. The molecule has 1 aliphatic carbocycles. The van der Waals surface area contributed by atoms with Crippen molar-refractivity contribution in [1.29, 1.82) is 0 Å². The molecule has 0 aromatic rings. The van der Waals surface area contributed by atoms with E-state index in [0.29, 0.717) is 5.25 Å². The molecule has 0 radical (unpaired) electrons. The van der Waals surface area contributed by atoms with Gasteiger partial charge in [-0.1, -0.05) is 25.3 Å². The molecule has 0 aliphatic heterocycles. The minimum Gasteiger partial charge on any atom is -0.392 e. The Bertz CT molecular complexity index is 136. The Morgan fingerprint density at radius 1 is 1.33 bits per heavy atom. The van der Waals surface area contributed by atoms with Crippen LogP contribution in [0.25, 0.3) is 0 Å². The third-order valence-corrected chi connectivity index (χ3v) is 3.75. The summed E-state index contributed by atoms with van der Waals surface area (Å²) in [5, 5.41) is 10.2. The van der Waals surface area contributed by atoms with E-state index >= 15 is 0 Å². The van der Waals surface area contributed by atoms with Gasteiger partial charge in [-0.25, -0.2) is 0 Å². The van der Waals surface area contributed by atoms with Gasteiger partial charge >= 0.3 is 0 Å². The van der Waals surface area contributed by atoms with Crippen molar-refractivity contribution in [2.75, 3.05) is 5.75 Å². The normalized spacial score (nSPS) is 31.1. The number of thioether (sulfide) groups is 1. The van der Waals surface area contributed by atoms with Crippen molar-refractivity contribution in [3.8, 4) is 0 Å². The molecule has 0 heterocycles. The lowest BCUT2D eigenvalue weighted by Gasteiger charge is -2.18. The van der Waals surface area contributed by atoms with Gasteiger partial charge in [-0.05, 0) is 12.8 Å². The fourth-order valence-corrected chi connectivity index (χ4v) is 2.71. The lowest BCUT2D eigenvalue weighted by atomic mass is 10.1. The van der Waals surface area contributed by atoms with Crippen LogP contribution >= 0.6 is 11.8 Å². The number of aliphatic hydroxyl groups excluding tert-OH is 1. The van der Waals surface area contributed by atoms with Gasteiger partial charge in [0.2, 0.25) is 0 Å². The third kappa shape index (κ3) is 3.20. The summed E-state index contributed by atoms with van der Waals surface area (Å²) in [6.45, 7) is 3.69. The molecule has 12 heavy (non-hydrogen) atoms. The number of hydrogen-bond donors (Lipinski definition) is 1. The fraction of sp³-hybridized carbons (Fsp3) is 0.800. The van der Waals surface area contributed by atoms with Crippen LogP contribution in [-0.4, -0.2) is 22.2 Å². The zero-order valence-electron chi connectivity index (χ0n) is 7.54. The zero-order valence-corrected chi connectivity index (χ0v) is 8.35. The Labute approximate surface area is 79.2 Å². The van der Waals surface area contributed by atoms with Gasteiger partial charge in [0.05, 0.1) is 6.10 Å². The molecule has 1 saturated carbocycles. The second-order valence-corrected chi connectivity index (χ2v) is 4.64. The lowest BCUT2D eigenvalue weighted by molar-refractivity contribution is 0.163.